The van der Waals surface area contributed by atoms with Crippen molar-refractivity contribution in [1.82, 2.24) is 4.90 Å². The van der Waals surface area contributed by atoms with Gasteiger partial charge in [0.15, 0.2) is 5.78 Å². The van der Waals surface area contributed by atoms with Crippen LogP contribution < -0.4 is 5.73 Å². The summed E-state index contributed by atoms with van der Waals surface area (Å²) in [6, 6.07) is 6.80. The predicted molar refractivity (Wildman–Crippen MR) is 90.1 cm³/mol. The molecule has 0 spiro atoms. The van der Waals surface area contributed by atoms with E-state index >= 15 is 0 Å². The molecule has 0 radical (unpaired) electrons. The second kappa shape index (κ2) is 8.91. The Bertz CT molecular complexity index is 500. The van der Waals surface area contributed by atoms with Crippen LogP contribution in [-0.2, 0) is 4.79 Å². The van der Waals surface area contributed by atoms with Gasteiger partial charge in [0.25, 0.3) is 0 Å². The lowest BCUT2D eigenvalue weighted by Crippen LogP contribution is -2.34. The number of carbonyl (C=O) groups excluding carboxylic acids is 2. The van der Waals surface area contributed by atoms with E-state index in [0.29, 0.717) is 23.0 Å². The Labute approximate surface area is 137 Å². The first kappa shape index (κ1) is 18.7. The summed E-state index contributed by atoms with van der Waals surface area (Å²) in [6.45, 7) is 4.75. The van der Waals surface area contributed by atoms with Crippen LogP contribution in [0.5, 0.6) is 0 Å². The van der Waals surface area contributed by atoms with Gasteiger partial charge in [-0.1, -0.05) is 25.4 Å². The number of rotatable bonds is 8. The second-order valence-electron chi connectivity index (χ2n) is 5.94. The summed E-state index contributed by atoms with van der Waals surface area (Å²) in [4.78, 5) is 25.7. The highest BCUT2D eigenvalue weighted by Crippen LogP contribution is 2.12. The maximum Gasteiger partial charge on any atom is 0.222 e. The van der Waals surface area contributed by atoms with Crippen LogP contribution in [0.3, 0.4) is 0 Å². The predicted octanol–water partition coefficient (Wildman–Crippen LogP) is 3.13. The lowest BCUT2D eigenvalue weighted by molar-refractivity contribution is -0.129. The molecule has 0 bridgehead atoms. The minimum Gasteiger partial charge on any atom is -0.346 e. The van der Waals surface area contributed by atoms with E-state index in [-0.39, 0.29) is 30.6 Å². The lowest BCUT2D eigenvalue weighted by atomic mass is 10.0. The minimum absolute atomic E-state index is 0.0294. The topological polar surface area (TPSA) is 63.4 Å². The van der Waals surface area contributed by atoms with Gasteiger partial charge in [0.2, 0.25) is 5.91 Å². The summed E-state index contributed by atoms with van der Waals surface area (Å²) in [7, 11) is 1.75. The van der Waals surface area contributed by atoms with E-state index in [1.54, 1.807) is 36.2 Å². The molecule has 0 saturated carbocycles. The molecule has 0 fully saturated rings. The van der Waals surface area contributed by atoms with Crippen LogP contribution in [0.4, 0.5) is 0 Å². The van der Waals surface area contributed by atoms with Gasteiger partial charge in [-0.15, -0.1) is 0 Å². The summed E-state index contributed by atoms with van der Waals surface area (Å²) in [5.74, 6) is 0.325. The molecule has 22 heavy (non-hydrogen) atoms. The average molecular weight is 325 g/mol. The van der Waals surface area contributed by atoms with Crippen molar-refractivity contribution in [2.75, 3.05) is 13.6 Å². The molecule has 0 saturated heterocycles. The first-order valence-corrected chi connectivity index (χ1v) is 7.97. The number of halogens is 1. The molecule has 4 nitrogen and oxygen atoms in total. The normalized spacial score (nSPS) is 12.3. The molecule has 2 N–H and O–H groups in total. The zero-order chi connectivity index (χ0) is 16.7. The number of benzene rings is 1. The van der Waals surface area contributed by atoms with Gasteiger partial charge in [-0.2, -0.15) is 0 Å². The van der Waals surface area contributed by atoms with Crippen LogP contribution in [0.15, 0.2) is 24.3 Å². The fraction of sp³-hybridized carbons (Fsp3) is 0.529. The molecule has 5 heteroatoms. The maximum atomic E-state index is 12.0. The lowest BCUT2D eigenvalue weighted by Gasteiger charge is -2.21. The highest BCUT2D eigenvalue weighted by molar-refractivity contribution is 6.30. The SMILES string of the molecule is CC(C)C(N)CCN(C)C(=O)CCC(=O)c1ccc(Cl)cc1. The Morgan fingerprint density at radius 3 is 2.32 bits per heavy atom. The van der Waals surface area contributed by atoms with Crippen molar-refractivity contribution in [1.29, 1.82) is 0 Å². The van der Waals surface area contributed by atoms with Crippen molar-refractivity contribution in [2.45, 2.75) is 39.2 Å². The van der Waals surface area contributed by atoms with Crippen LogP contribution in [-0.4, -0.2) is 36.2 Å². The molecule has 0 aliphatic rings. The number of carbonyl (C=O) groups is 2. The second-order valence-corrected chi connectivity index (χ2v) is 6.38. The number of ketones is 1. The number of hydrogen-bond acceptors (Lipinski definition) is 3. The Hall–Kier alpha value is -1.39. The van der Waals surface area contributed by atoms with Crippen LogP contribution in [0.1, 0.15) is 43.5 Å². The molecule has 0 aromatic heterocycles. The van der Waals surface area contributed by atoms with Crippen LogP contribution >= 0.6 is 11.6 Å². The molecule has 1 rings (SSSR count). The van der Waals surface area contributed by atoms with Gasteiger partial charge < -0.3 is 10.6 Å². The van der Waals surface area contributed by atoms with E-state index in [1.807, 2.05) is 0 Å². The average Bonchev–Trinajstić information content (AvgIpc) is 2.49. The molecular weight excluding hydrogens is 300 g/mol. The molecule has 1 unspecified atom stereocenters. The third kappa shape index (κ3) is 6.16. The Morgan fingerprint density at radius 1 is 1.18 bits per heavy atom. The summed E-state index contributed by atoms with van der Waals surface area (Å²) in [5, 5.41) is 0.592. The number of Topliss-reactive ketones (excluding diaryl/α,β-unsaturated/α-hetero) is 1. The first-order chi connectivity index (χ1) is 10.3. The summed E-state index contributed by atoms with van der Waals surface area (Å²) >= 11 is 5.79. The van der Waals surface area contributed by atoms with Gasteiger partial charge in [-0.05, 0) is 36.6 Å². The molecule has 1 aromatic carbocycles. The standard InChI is InChI=1S/C17H25ClN2O2/c1-12(2)15(19)10-11-20(3)17(22)9-8-16(21)13-4-6-14(18)7-5-13/h4-7,12,15H,8-11,19H2,1-3H3. The molecule has 0 aliphatic carbocycles. The van der Waals surface area contributed by atoms with Gasteiger partial charge in [0, 0.05) is 43.1 Å². The van der Waals surface area contributed by atoms with E-state index < -0.39 is 0 Å². The molecule has 1 amide bonds. The Kier molecular flexibility index (Phi) is 7.56. The van der Waals surface area contributed by atoms with Crippen molar-refractivity contribution < 1.29 is 9.59 Å². The molecule has 122 valence electrons. The molecule has 0 heterocycles. The smallest absolute Gasteiger partial charge is 0.222 e. The van der Waals surface area contributed by atoms with Crippen molar-refractivity contribution in [2.24, 2.45) is 11.7 Å². The fourth-order valence-corrected chi connectivity index (χ4v) is 2.12. The van der Waals surface area contributed by atoms with Crippen LogP contribution in [0.2, 0.25) is 5.02 Å². The van der Waals surface area contributed by atoms with Crippen molar-refractivity contribution >= 4 is 23.3 Å². The van der Waals surface area contributed by atoms with Gasteiger partial charge in [-0.25, -0.2) is 0 Å². The third-order valence-corrected chi connectivity index (χ3v) is 4.06. The van der Waals surface area contributed by atoms with E-state index in [9.17, 15) is 9.59 Å². The molecule has 0 aliphatic heterocycles. The molecule has 1 aromatic rings. The van der Waals surface area contributed by atoms with Crippen LogP contribution in [0, 0.1) is 5.92 Å². The molecular formula is C17H25ClN2O2. The zero-order valence-electron chi connectivity index (χ0n) is 13.5. The fourth-order valence-electron chi connectivity index (χ4n) is 1.99. The van der Waals surface area contributed by atoms with Crippen LogP contribution in [0.25, 0.3) is 0 Å². The van der Waals surface area contributed by atoms with Crippen molar-refractivity contribution in [3.8, 4) is 0 Å². The zero-order valence-corrected chi connectivity index (χ0v) is 14.3. The number of amides is 1. The Balaban J connectivity index is 2.38. The quantitative estimate of drug-likeness (QED) is 0.747. The number of nitrogens with two attached hydrogens (primary N) is 1. The maximum absolute atomic E-state index is 12.0. The monoisotopic (exact) mass is 324 g/mol. The Morgan fingerprint density at radius 2 is 1.77 bits per heavy atom. The van der Waals surface area contributed by atoms with Crippen molar-refractivity contribution in [3.05, 3.63) is 34.9 Å². The number of nitrogens with zero attached hydrogens (tertiary/aromatic N) is 1. The largest absolute Gasteiger partial charge is 0.346 e. The summed E-state index contributed by atoms with van der Waals surface area (Å²) in [6.07, 6.45) is 1.20. The van der Waals surface area contributed by atoms with Gasteiger partial charge >= 0.3 is 0 Å². The van der Waals surface area contributed by atoms with Gasteiger partial charge in [0.05, 0.1) is 0 Å². The van der Waals surface area contributed by atoms with Crippen molar-refractivity contribution in [3.63, 3.8) is 0 Å². The summed E-state index contributed by atoms with van der Waals surface area (Å²) < 4.78 is 0. The van der Waals surface area contributed by atoms with E-state index in [2.05, 4.69) is 13.8 Å². The number of hydrogen-bond donors (Lipinski definition) is 1. The van der Waals surface area contributed by atoms with Gasteiger partial charge in [0.1, 0.15) is 0 Å². The highest BCUT2D eigenvalue weighted by Gasteiger charge is 2.14. The van der Waals surface area contributed by atoms with Gasteiger partial charge in [-0.3, -0.25) is 9.59 Å². The minimum atomic E-state index is -0.0442. The van der Waals surface area contributed by atoms with E-state index in [0.717, 1.165) is 6.42 Å². The first-order valence-electron chi connectivity index (χ1n) is 7.59. The summed E-state index contributed by atoms with van der Waals surface area (Å²) in [5.41, 5.74) is 6.56. The molecule has 1 atom stereocenters. The van der Waals surface area contributed by atoms with E-state index in [4.69, 9.17) is 17.3 Å². The highest BCUT2D eigenvalue weighted by atomic mass is 35.5. The third-order valence-electron chi connectivity index (χ3n) is 3.81. The van der Waals surface area contributed by atoms with E-state index in [1.165, 1.54) is 0 Å².